The lowest BCUT2D eigenvalue weighted by atomic mass is 10.1. The van der Waals surface area contributed by atoms with Gasteiger partial charge in [-0.05, 0) is 30.7 Å². The summed E-state index contributed by atoms with van der Waals surface area (Å²) in [5.74, 6) is 0.414. The Bertz CT molecular complexity index is 707. The Morgan fingerprint density at radius 2 is 2.00 bits per heavy atom. The molecule has 1 aromatic carbocycles. The molecule has 0 amide bonds. The number of nitrogens with zero attached hydrogens (tertiary/aromatic N) is 3. The second-order valence-electron chi connectivity index (χ2n) is 4.00. The molecule has 0 saturated carbocycles. The smallest absolute Gasteiger partial charge is 0.154 e. The number of nitrogens with two attached hydrogens (primary N) is 1. The first-order valence-electron chi connectivity index (χ1n) is 5.58. The summed E-state index contributed by atoms with van der Waals surface area (Å²) in [5, 5.41) is 20.9. The molecule has 5 nitrogen and oxygen atoms in total. The number of hydrogen-bond acceptors (Lipinski definition) is 5. The van der Waals surface area contributed by atoms with Crippen molar-refractivity contribution in [3.8, 4) is 12.1 Å². The second-order valence-corrected chi connectivity index (χ2v) is 4.00. The fourth-order valence-corrected chi connectivity index (χ4v) is 1.62. The van der Waals surface area contributed by atoms with Gasteiger partial charge in [0.2, 0.25) is 0 Å². The summed E-state index contributed by atoms with van der Waals surface area (Å²) >= 11 is 0. The van der Waals surface area contributed by atoms with Crippen LogP contribution in [0, 0.1) is 29.6 Å². The van der Waals surface area contributed by atoms with Crippen molar-refractivity contribution in [2.45, 2.75) is 6.92 Å². The average Bonchev–Trinajstić information content (AvgIpc) is 2.43. The predicted molar refractivity (Wildman–Crippen MR) is 72.5 cm³/mol. The van der Waals surface area contributed by atoms with Crippen LogP contribution in [-0.4, -0.2) is 4.98 Å². The maximum absolute atomic E-state index is 8.92. The number of aryl methyl sites for hydroxylation is 1. The van der Waals surface area contributed by atoms with E-state index in [1.165, 1.54) is 6.20 Å². The molecule has 0 atom stereocenters. The van der Waals surface area contributed by atoms with E-state index in [0.29, 0.717) is 22.6 Å². The third kappa shape index (κ3) is 2.46. The highest BCUT2D eigenvalue weighted by Gasteiger charge is 2.08. The monoisotopic (exact) mass is 249 g/mol. The minimum atomic E-state index is 0.298. The second kappa shape index (κ2) is 5.07. The Balaban J connectivity index is 2.43. The number of benzene rings is 1. The molecule has 0 aliphatic rings. The van der Waals surface area contributed by atoms with Gasteiger partial charge in [-0.2, -0.15) is 10.5 Å². The van der Waals surface area contributed by atoms with Crippen LogP contribution in [0.25, 0.3) is 0 Å². The van der Waals surface area contributed by atoms with Crippen molar-refractivity contribution in [3.05, 3.63) is 47.2 Å². The van der Waals surface area contributed by atoms with Gasteiger partial charge in [0.15, 0.2) is 5.82 Å². The van der Waals surface area contributed by atoms with Gasteiger partial charge >= 0.3 is 0 Å². The third-order valence-electron chi connectivity index (χ3n) is 2.73. The molecule has 0 saturated heterocycles. The first-order chi connectivity index (χ1) is 9.15. The van der Waals surface area contributed by atoms with Gasteiger partial charge in [-0.1, -0.05) is 6.07 Å². The lowest BCUT2D eigenvalue weighted by Crippen LogP contribution is -2.02. The summed E-state index contributed by atoms with van der Waals surface area (Å²) in [6, 6.07) is 10.9. The van der Waals surface area contributed by atoms with E-state index in [9.17, 15) is 0 Å². The van der Waals surface area contributed by atoms with Gasteiger partial charge in [0, 0.05) is 11.9 Å². The molecular formula is C14H11N5. The van der Waals surface area contributed by atoms with E-state index >= 15 is 0 Å². The SMILES string of the molecule is Cc1ccc(C#N)cc1Nc1nccc(C#N)c1N. The van der Waals surface area contributed by atoms with E-state index in [4.69, 9.17) is 16.3 Å². The minimum Gasteiger partial charge on any atom is -0.395 e. The quantitative estimate of drug-likeness (QED) is 0.851. The van der Waals surface area contributed by atoms with Crippen molar-refractivity contribution in [2.75, 3.05) is 11.1 Å². The van der Waals surface area contributed by atoms with Crippen LogP contribution >= 0.6 is 0 Å². The fourth-order valence-electron chi connectivity index (χ4n) is 1.62. The highest BCUT2D eigenvalue weighted by atomic mass is 15.0. The zero-order chi connectivity index (χ0) is 13.8. The van der Waals surface area contributed by atoms with Crippen molar-refractivity contribution in [3.63, 3.8) is 0 Å². The first-order valence-corrected chi connectivity index (χ1v) is 5.58. The van der Waals surface area contributed by atoms with Gasteiger partial charge in [0.05, 0.1) is 22.9 Å². The predicted octanol–water partition coefficient (Wildman–Crippen LogP) is 2.46. The molecule has 0 unspecified atom stereocenters. The van der Waals surface area contributed by atoms with Gasteiger partial charge in [-0.15, -0.1) is 0 Å². The van der Waals surface area contributed by atoms with Gasteiger partial charge in [-0.25, -0.2) is 4.98 Å². The summed E-state index contributed by atoms with van der Waals surface area (Å²) in [5.41, 5.74) is 8.76. The van der Waals surface area contributed by atoms with E-state index < -0.39 is 0 Å². The lowest BCUT2D eigenvalue weighted by Gasteiger charge is -2.11. The molecule has 0 spiro atoms. The van der Waals surface area contributed by atoms with E-state index in [1.807, 2.05) is 19.1 Å². The first kappa shape index (κ1) is 12.4. The Labute approximate surface area is 110 Å². The molecule has 1 aromatic heterocycles. The van der Waals surface area contributed by atoms with Crippen LogP contribution < -0.4 is 11.1 Å². The average molecular weight is 249 g/mol. The number of nitrogens with one attached hydrogen (secondary N) is 1. The highest BCUT2D eigenvalue weighted by Crippen LogP contribution is 2.25. The van der Waals surface area contributed by atoms with Gasteiger partial charge in [0.25, 0.3) is 0 Å². The Morgan fingerprint density at radius 3 is 2.68 bits per heavy atom. The summed E-state index contributed by atoms with van der Waals surface area (Å²) in [6.45, 7) is 1.91. The number of anilines is 3. The maximum Gasteiger partial charge on any atom is 0.154 e. The van der Waals surface area contributed by atoms with Crippen molar-refractivity contribution >= 4 is 17.2 Å². The van der Waals surface area contributed by atoms with Gasteiger partial charge in [-0.3, -0.25) is 0 Å². The van der Waals surface area contributed by atoms with Crippen LogP contribution in [0.3, 0.4) is 0 Å². The summed E-state index contributed by atoms with van der Waals surface area (Å²) in [6.07, 6.45) is 1.51. The van der Waals surface area contributed by atoms with Crippen LogP contribution in [0.4, 0.5) is 17.2 Å². The topological polar surface area (TPSA) is 98.5 Å². The number of nitriles is 2. The summed E-state index contributed by atoms with van der Waals surface area (Å²) in [7, 11) is 0. The van der Waals surface area contributed by atoms with Crippen LogP contribution in [0.15, 0.2) is 30.5 Å². The van der Waals surface area contributed by atoms with E-state index in [-0.39, 0.29) is 0 Å². The molecule has 5 heteroatoms. The molecule has 1 heterocycles. The Morgan fingerprint density at radius 1 is 1.21 bits per heavy atom. The molecule has 2 aromatic rings. The maximum atomic E-state index is 8.92. The number of hydrogen-bond donors (Lipinski definition) is 2. The van der Waals surface area contributed by atoms with Gasteiger partial charge in [0.1, 0.15) is 6.07 Å². The van der Waals surface area contributed by atoms with E-state index in [0.717, 1.165) is 11.3 Å². The Kier molecular flexibility index (Phi) is 3.31. The lowest BCUT2D eigenvalue weighted by molar-refractivity contribution is 1.28. The Hall–Kier alpha value is -3.05. The highest BCUT2D eigenvalue weighted by molar-refractivity contribution is 5.75. The zero-order valence-electron chi connectivity index (χ0n) is 10.3. The molecular weight excluding hydrogens is 238 g/mol. The largest absolute Gasteiger partial charge is 0.395 e. The van der Waals surface area contributed by atoms with Crippen LogP contribution in [-0.2, 0) is 0 Å². The standard InChI is InChI=1S/C14H11N5/c1-9-2-3-10(7-15)6-12(9)19-14-13(17)11(8-16)4-5-18-14/h2-6H,17H2,1H3,(H,18,19). The summed E-state index contributed by atoms with van der Waals surface area (Å²) < 4.78 is 0. The third-order valence-corrected chi connectivity index (χ3v) is 2.73. The van der Waals surface area contributed by atoms with Crippen molar-refractivity contribution in [2.24, 2.45) is 0 Å². The van der Waals surface area contributed by atoms with Crippen molar-refractivity contribution in [1.82, 2.24) is 4.98 Å². The molecule has 0 radical (unpaired) electrons. The van der Waals surface area contributed by atoms with Crippen molar-refractivity contribution < 1.29 is 0 Å². The minimum absolute atomic E-state index is 0.298. The van der Waals surface area contributed by atoms with Crippen LogP contribution in [0.5, 0.6) is 0 Å². The molecule has 0 aliphatic carbocycles. The summed E-state index contributed by atoms with van der Waals surface area (Å²) in [4.78, 5) is 4.11. The molecule has 0 bridgehead atoms. The normalized spacial score (nSPS) is 9.42. The molecule has 2 rings (SSSR count). The molecule has 0 aliphatic heterocycles. The molecule has 3 N–H and O–H groups in total. The fraction of sp³-hybridized carbons (Fsp3) is 0.0714. The number of nitrogen functional groups attached to an aromatic ring is 1. The number of aromatic nitrogens is 1. The molecule has 19 heavy (non-hydrogen) atoms. The van der Waals surface area contributed by atoms with Gasteiger partial charge < -0.3 is 11.1 Å². The number of rotatable bonds is 2. The number of pyridine rings is 1. The van der Waals surface area contributed by atoms with E-state index in [2.05, 4.69) is 16.4 Å². The molecule has 92 valence electrons. The van der Waals surface area contributed by atoms with E-state index in [1.54, 1.807) is 18.2 Å². The zero-order valence-corrected chi connectivity index (χ0v) is 10.3. The van der Waals surface area contributed by atoms with Crippen molar-refractivity contribution in [1.29, 1.82) is 10.5 Å². The van der Waals surface area contributed by atoms with Crippen LogP contribution in [0.2, 0.25) is 0 Å². The van der Waals surface area contributed by atoms with Crippen LogP contribution in [0.1, 0.15) is 16.7 Å². The molecule has 0 fully saturated rings.